The van der Waals surface area contributed by atoms with Crippen LogP contribution in [0.4, 0.5) is 0 Å². The minimum absolute atomic E-state index is 0.110. The zero-order chi connectivity index (χ0) is 22.9. The second-order valence-electron chi connectivity index (χ2n) is 7.55. The van der Waals surface area contributed by atoms with Gasteiger partial charge in [0.1, 0.15) is 11.8 Å². The fourth-order valence-electron chi connectivity index (χ4n) is 3.32. The monoisotopic (exact) mass is 450 g/mol. The lowest BCUT2D eigenvalue weighted by Gasteiger charge is -2.29. The molecule has 2 amide bonds. The molecule has 3 rings (SSSR count). The van der Waals surface area contributed by atoms with Gasteiger partial charge in [0.15, 0.2) is 0 Å². The summed E-state index contributed by atoms with van der Waals surface area (Å²) in [5.74, 6) is 0.417. The molecule has 0 aliphatic heterocycles. The molecule has 3 aromatic rings. The number of nitrogens with zero attached hydrogens (tertiary/aromatic N) is 1. The average Bonchev–Trinajstić information content (AvgIpc) is 2.82. The van der Waals surface area contributed by atoms with Crippen molar-refractivity contribution in [2.75, 3.05) is 7.11 Å². The summed E-state index contributed by atoms with van der Waals surface area (Å²) in [5, 5.41) is 3.57. The molecule has 0 saturated heterocycles. The van der Waals surface area contributed by atoms with Gasteiger partial charge in [-0.1, -0.05) is 66.2 Å². The number of carbonyl (C=O) groups is 2. The number of benzene rings is 3. The number of ether oxygens (including phenoxy) is 1. The van der Waals surface area contributed by atoms with E-state index in [4.69, 9.17) is 16.3 Å². The topological polar surface area (TPSA) is 58.6 Å². The standard InChI is InChI=1S/C26H27ClN2O3/c1-19(26(31)28-17-21-8-12-23(27)13-9-21)29(18-22-10-14-24(32-2)15-11-22)25(30)16-20-6-4-3-5-7-20/h3-15,19H,16-18H2,1-2H3,(H,28,31)/t19-/m1/s1. The predicted octanol–water partition coefficient (Wildman–Crippen LogP) is 4.62. The summed E-state index contributed by atoms with van der Waals surface area (Å²) in [6.07, 6.45) is 0.228. The van der Waals surface area contributed by atoms with E-state index in [1.165, 1.54) is 0 Å². The number of methoxy groups -OCH3 is 1. The van der Waals surface area contributed by atoms with Crippen LogP contribution >= 0.6 is 11.6 Å². The Kier molecular flexibility index (Phi) is 8.28. The summed E-state index contributed by atoms with van der Waals surface area (Å²) < 4.78 is 5.21. The van der Waals surface area contributed by atoms with Gasteiger partial charge in [-0.15, -0.1) is 0 Å². The van der Waals surface area contributed by atoms with Crippen LogP contribution in [0.1, 0.15) is 23.6 Å². The Morgan fingerprint density at radius 3 is 2.16 bits per heavy atom. The Morgan fingerprint density at radius 1 is 0.906 bits per heavy atom. The highest BCUT2D eigenvalue weighted by Gasteiger charge is 2.26. The van der Waals surface area contributed by atoms with Crippen LogP contribution in [-0.4, -0.2) is 29.9 Å². The summed E-state index contributed by atoms with van der Waals surface area (Å²) in [4.78, 5) is 27.7. The molecule has 6 heteroatoms. The summed E-state index contributed by atoms with van der Waals surface area (Å²) in [6, 6.07) is 23.7. The number of hydrogen-bond acceptors (Lipinski definition) is 3. The molecule has 32 heavy (non-hydrogen) atoms. The summed E-state index contributed by atoms with van der Waals surface area (Å²) >= 11 is 5.92. The van der Waals surface area contributed by atoms with E-state index >= 15 is 0 Å². The quantitative estimate of drug-likeness (QED) is 0.517. The lowest BCUT2D eigenvalue weighted by Crippen LogP contribution is -2.47. The molecule has 0 aliphatic carbocycles. The predicted molar refractivity (Wildman–Crippen MR) is 126 cm³/mol. The third kappa shape index (κ3) is 6.59. The van der Waals surface area contributed by atoms with Gasteiger partial charge >= 0.3 is 0 Å². The van der Waals surface area contributed by atoms with Crippen LogP contribution < -0.4 is 10.1 Å². The fourth-order valence-corrected chi connectivity index (χ4v) is 3.45. The molecule has 0 aromatic heterocycles. The van der Waals surface area contributed by atoms with Crippen LogP contribution in [0.25, 0.3) is 0 Å². The van der Waals surface area contributed by atoms with Gasteiger partial charge in [0.05, 0.1) is 13.5 Å². The molecule has 0 heterocycles. The van der Waals surface area contributed by atoms with Crippen LogP contribution in [0.2, 0.25) is 5.02 Å². The lowest BCUT2D eigenvalue weighted by molar-refractivity contribution is -0.140. The minimum atomic E-state index is -0.638. The molecule has 0 saturated carbocycles. The van der Waals surface area contributed by atoms with Crippen molar-refractivity contribution in [2.45, 2.75) is 32.5 Å². The van der Waals surface area contributed by atoms with Crippen LogP contribution in [0.15, 0.2) is 78.9 Å². The Balaban J connectivity index is 1.73. The van der Waals surface area contributed by atoms with E-state index in [1.54, 1.807) is 31.1 Å². The summed E-state index contributed by atoms with van der Waals surface area (Å²) in [5.41, 5.74) is 2.77. The van der Waals surface area contributed by atoms with Crippen molar-refractivity contribution in [3.05, 3.63) is 101 Å². The molecule has 0 spiro atoms. The molecule has 0 fully saturated rings. The first-order chi connectivity index (χ1) is 15.5. The molecule has 5 nitrogen and oxygen atoms in total. The van der Waals surface area contributed by atoms with Gasteiger partial charge in [-0.3, -0.25) is 9.59 Å². The largest absolute Gasteiger partial charge is 0.497 e. The average molecular weight is 451 g/mol. The second-order valence-corrected chi connectivity index (χ2v) is 7.99. The molecule has 0 bridgehead atoms. The maximum absolute atomic E-state index is 13.2. The number of halogens is 1. The van der Waals surface area contributed by atoms with Gasteiger partial charge < -0.3 is 15.0 Å². The molecule has 3 aromatic carbocycles. The van der Waals surface area contributed by atoms with Crippen LogP contribution in [0, 0.1) is 0 Å². The van der Waals surface area contributed by atoms with Crippen LogP contribution in [-0.2, 0) is 29.1 Å². The Hall–Kier alpha value is -3.31. The zero-order valence-electron chi connectivity index (χ0n) is 18.3. The van der Waals surface area contributed by atoms with Gasteiger partial charge in [-0.2, -0.15) is 0 Å². The SMILES string of the molecule is COc1ccc(CN(C(=O)Cc2ccccc2)[C@H](C)C(=O)NCc2ccc(Cl)cc2)cc1. The van der Waals surface area contributed by atoms with E-state index < -0.39 is 6.04 Å². The van der Waals surface area contributed by atoms with E-state index in [0.717, 1.165) is 22.4 Å². The van der Waals surface area contributed by atoms with E-state index in [1.807, 2.05) is 66.7 Å². The third-order valence-corrected chi connectivity index (χ3v) is 5.51. The van der Waals surface area contributed by atoms with Crippen molar-refractivity contribution in [1.29, 1.82) is 0 Å². The molecule has 1 atom stereocenters. The number of rotatable bonds is 9. The van der Waals surface area contributed by atoms with Crippen molar-refractivity contribution < 1.29 is 14.3 Å². The van der Waals surface area contributed by atoms with Gasteiger partial charge in [0.25, 0.3) is 0 Å². The molecule has 1 N–H and O–H groups in total. The van der Waals surface area contributed by atoms with Crippen LogP contribution in [0.3, 0.4) is 0 Å². The first-order valence-electron chi connectivity index (χ1n) is 10.4. The van der Waals surface area contributed by atoms with Gasteiger partial charge in [-0.05, 0) is 47.9 Å². The number of carbonyl (C=O) groups excluding carboxylic acids is 2. The maximum atomic E-state index is 13.2. The van der Waals surface area contributed by atoms with Crippen LogP contribution in [0.5, 0.6) is 5.75 Å². The van der Waals surface area contributed by atoms with E-state index in [9.17, 15) is 9.59 Å². The van der Waals surface area contributed by atoms with Crippen molar-refractivity contribution in [1.82, 2.24) is 10.2 Å². The first kappa shape index (κ1) is 23.4. The van der Waals surface area contributed by atoms with Crippen molar-refractivity contribution in [3.8, 4) is 5.75 Å². The van der Waals surface area contributed by atoms with Gasteiger partial charge in [0, 0.05) is 18.1 Å². The number of amides is 2. The molecule has 166 valence electrons. The third-order valence-electron chi connectivity index (χ3n) is 5.26. The van der Waals surface area contributed by atoms with E-state index in [2.05, 4.69) is 5.32 Å². The van der Waals surface area contributed by atoms with E-state index in [-0.39, 0.29) is 18.2 Å². The van der Waals surface area contributed by atoms with Gasteiger partial charge in [0.2, 0.25) is 11.8 Å². The number of nitrogens with one attached hydrogen (secondary N) is 1. The zero-order valence-corrected chi connectivity index (χ0v) is 19.0. The van der Waals surface area contributed by atoms with E-state index in [0.29, 0.717) is 18.1 Å². The minimum Gasteiger partial charge on any atom is -0.497 e. The van der Waals surface area contributed by atoms with Crippen molar-refractivity contribution in [2.24, 2.45) is 0 Å². The molecule has 0 aliphatic rings. The Bertz CT molecular complexity index is 1020. The first-order valence-corrected chi connectivity index (χ1v) is 10.8. The fraction of sp³-hybridized carbons (Fsp3) is 0.231. The smallest absolute Gasteiger partial charge is 0.242 e. The lowest BCUT2D eigenvalue weighted by atomic mass is 10.1. The molecular weight excluding hydrogens is 424 g/mol. The summed E-state index contributed by atoms with van der Waals surface area (Å²) in [7, 11) is 1.61. The summed E-state index contributed by atoms with van der Waals surface area (Å²) in [6.45, 7) is 2.44. The highest BCUT2D eigenvalue weighted by molar-refractivity contribution is 6.30. The Labute approximate surface area is 194 Å². The molecular formula is C26H27ClN2O3. The maximum Gasteiger partial charge on any atom is 0.242 e. The molecule has 0 radical (unpaired) electrons. The molecule has 0 unspecified atom stereocenters. The van der Waals surface area contributed by atoms with Crippen molar-refractivity contribution in [3.63, 3.8) is 0 Å². The highest BCUT2D eigenvalue weighted by atomic mass is 35.5. The number of hydrogen-bond donors (Lipinski definition) is 1. The van der Waals surface area contributed by atoms with Crippen molar-refractivity contribution >= 4 is 23.4 Å². The van der Waals surface area contributed by atoms with Gasteiger partial charge in [-0.25, -0.2) is 0 Å². The second kappa shape index (κ2) is 11.3. The Morgan fingerprint density at radius 2 is 1.53 bits per heavy atom. The normalized spacial score (nSPS) is 11.5. The highest BCUT2D eigenvalue weighted by Crippen LogP contribution is 2.16.